The van der Waals surface area contributed by atoms with Gasteiger partial charge in [-0.25, -0.2) is 9.97 Å². The summed E-state index contributed by atoms with van der Waals surface area (Å²) < 4.78 is 0. The summed E-state index contributed by atoms with van der Waals surface area (Å²) in [5.41, 5.74) is 0. The average molecular weight is 268 g/mol. The molecule has 102 valence electrons. The first-order valence-electron chi connectivity index (χ1n) is 6.46. The standard InChI is InChI=1S/C13H24N4S/c1-6-14-11-7-12(15-8-10(4)18-5)17-13(16-11)9(2)3/h7,9-10H,6,8H2,1-5H3,(H2,14,15,16,17). The van der Waals surface area contributed by atoms with Crippen molar-refractivity contribution in [2.45, 2.75) is 38.9 Å². The van der Waals surface area contributed by atoms with Gasteiger partial charge in [-0.15, -0.1) is 0 Å². The Balaban J connectivity index is 2.82. The van der Waals surface area contributed by atoms with Crippen molar-refractivity contribution < 1.29 is 0 Å². The van der Waals surface area contributed by atoms with Crippen LogP contribution < -0.4 is 10.6 Å². The lowest BCUT2D eigenvalue weighted by Crippen LogP contribution is -2.15. The summed E-state index contributed by atoms with van der Waals surface area (Å²) in [6.07, 6.45) is 2.12. The Morgan fingerprint density at radius 3 is 2.28 bits per heavy atom. The fourth-order valence-electron chi connectivity index (χ4n) is 1.42. The number of hydrogen-bond donors (Lipinski definition) is 2. The van der Waals surface area contributed by atoms with E-state index in [1.54, 1.807) is 0 Å². The number of nitrogens with one attached hydrogen (secondary N) is 2. The minimum atomic E-state index is 0.335. The van der Waals surface area contributed by atoms with E-state index in [4.69, 9.17) is 0 Å². The Labute approximate surface area is 114 Å². The topological polar surface area (TPSA) is 49.8 Å². The quantitative estimate of drug-likeness (QED) is 0.795. The van der Waals surface area contributed by atoms with E-state index < -0.39 is 0 Å². The van der Waals surface area contributed by atoms with E-state index in [2.05, 4.69) is 54.6 Å². The van der Waals surface area contributed by atoms with Crippen molar-refractivity contribution in [2.24, 2.45) is 0 Å². The van der Waals surface area contributed by atoms with Crippen LogP contribution in [-0.4, -0.2) is 34.6 Å². The van der Waals surface area contributed by atoms with Crippen molar-refractivity contribution in [1.82, 2.24) is 9.97 Å². The van der Waals surface area contributed by atoms with Crippen molar-refractivity contribution in [3.8, 4) is 0 Å². The highest BCUT2D eigenvalue weighted by molar-refractivity contribution is 7.99. The summed E-state index contributed by atoms with van der Waals surface area (Å²) in [7, 11) is 0. The fourth-order valence-corrected chi connectivity index (χ4v) is 1.67. The molecule has 0 aliphatic rings. The van der Waals surface area contributed by atoms with E-state index in [-0.39, 0.29) is 0 Å². The van der Waals surface area contributed by atoms with Crippen LogP contribution in [0.1, 0.15) is 39.4 Å². The van der Waals surface area contributed by atoms with Crippen LogP contribution >= 0.6 is 11.8 Å². The summed E-state index contributed by atoms with van der Waals surface area (Å²) in [6.45, 7) is 10.3. The first kappa shape index (κ1) is 15.1. The predicted octanol–water partition coefficient (Wildman–Crippen LogP) is 3.20. The molecule has 0 amide bonds. The molecule has 18 heavy (non-hydrogen) atoms. The Kier molecular flexibility index (Phi) is 6.25. The second kappa shape index (κ2) is 7.46. The maximum Gasteiger partial charge on any atom is 0.135 e. The molecular formula is C13H24N4S. The molecule has 5 heteroatoms. The minimum absolute atomic E-state index is 0.335. The normalized spacial score (nSPS) is 12.6. The van der Waals surface area contributed by atoms with Crippen LogP contribution in [0, 0.1) is 0 Å². The highest BCUT2D eigenvalue weighted by Gasteiger charge is 2.08. The average Bonchev–Trinajstić information content (AvgIpc) is 2.36. The van der Waals surface area contributed by atoms with E-state index in [1.165, 1.54) is 0 Å². The number of hydrogen-bond acceptors (Lipinski definition) is 5. The number of nitrogens with zero attached hydrogens (tertiary/aromatic N) is 2. The van der Waals surface area contributed by atoms with Crippen molar-refractivity contribution in [1.29, 1.82) is 0 Å². The van der Waals surface area contributed by atoms with E-state index in [9.17, 15) is 0 Å². The highest BCUT2D eigenvalue weighted by atomic mass is 32.2. The van der Waals surface area contributed by atoms with Gasteiger partial charge >= 0.3 is 0 Å². The zero-order valence-corrected chi connectivity index (χ0v) is 12.8. The number of anilines is 2. The van der Waals surface area contributed by atoms with Crippen molar-refractivity contribution in [3.63, 3.8) is 0 Å². The van der Waals surface area contributed by atoms with Gasteiger partial charge in [0.15, 0.2) is 0 Å². The molecule has 1 aromatic rings. The van der Waals surface area contributed by atoms with E-state index in [0.717, 1.165) is 30.5 Å². The largest absolute Gasteiger partial charge is 0.370 e. The van der Waals surface area contributed by atoms with Gasteiger partial charge in [0.25, 0.3) is 0 Å². The zero-order valence-electron chi connectivity index (χ0n) is 11.9. The van der Waals surface area contributed by atoms with Gasteiger partial charge in [0.2, 0.25) is 0 Å². The number of thioether (sulfide) groups is 1. The molecule has 1 aromatic heterocycles. The molecule has 0 spiro atoms. The summed E-state index contributed by atoms with van der Waals surface area (Å²) in [5.74, 6) is 3.02. The van der Waals surface area contributed by atoms with E-state index >= 15 is 0 Å². The molecule has 1 unspecified atom stereocenters. The second-order valence-electron chi connectivity index (χ2n) is 4.61. The Hall–Kier alpha value is -0.970. The van der Waals surface area contributed by atoms with Crippen LogP contribution in [0.2, 0.25) is 0 Å². The third-order valence-corrected chi connectivity index (χ3v) is 3.56. The highest BCUT2D eigenvalue weighted by Crippen LogP contribution is 2.17. The molecule has 0 aromatic carbocycles. The smallest absolute Gasteiger partial charge is 0.135 e. The summed E-state index contributed by atoms with van der Waals surface area (Å²) in [6, 6.07) is 1.97. The molecule has 0 aliphatic carbocycles. The molecule has 0 saturated heterocycles. The van der Waals surface area contributed by atoms with Crippen LogP contribution in [0.3, 0.4) is 0 Å². The van der Waals surface area contributed by atoms with Gasteiger partial charge in [0.1, 0.15) is 17.5 Å². The lowest BCUT2D eigenvalue weighted by molar-refractivity contribution is 0.774. The minimum Gasteiger partial charge on any atom is -0.370 e. The monoisotopic (exact) mass is 268 g/mol. The molecule has 2 N–H and O–H groups in total. The maximum absolute atomic E-state index is 4.55. The molecule has 0 bridgehead atoms. The summed E-state index contributed by atoms with van der Waals surface area (Å²) in [4.78, 5) is 9.05. The molecule has 4 nitrogen and oxygen atoms in total. The number of rotatable bonds is 7. The van der Waals surface area contributed by atoms with Crippen molar-refractivity contribution >= 4 is 23.4 Å². The third kappa shape index (κ3) is 4.72. The zero-order chi connectivity index (χ0) is 13.5. The summed E-state index contributed by atoms with van der Waals surface area (Å²) >= 11 is 1.85. The molecule has 1 heterocycles. The van der Waals surface area contributed by atoms with E-state index in [0.29, 0.717) is 11.2 Å². The Bertz CT molecular complexity index is 368. The van der Waals surface area contributed by atoms with Crippen LogP contribution in [0.4, 0.5) is 11.6 Å². The Morgan fingerprint density at radius 2 is 1.78 bits per heavy atom. The molecule has 1 atom stereocenters. The van der Waals surface area contributed by atoms with Crippen molar-refractivity contribution in [2.75, 3.05) is 30.0 Å². The maximum atomic E-state index is 4.55. The lowest BCUT2D eigenvalue weighted by Gasteiger charge is -2.14. The molecule has 0 fully saturated rings. The van der Waals surface area contributed by atoms with Gasteiger partial charge in [0, 0.05) is 30.3 Å². The van der Waals surface area contributed by atoms with Gasteiger partial charge in [-0.1, -0.05) is 20.8 Å². The third-order valence-electron chi connectivity index (χ3n) is 2.59. The lowest BCUT2D eigenvalue weighted by atomic mass is 10.2. The SMILES string of the molecule is CCNc1cc(NCC(C)SC)nc(C(C)C)n1. The van der Waals surface area contributed by atoms with Gasteiger partial charge in [-0.05, 0) is 13.2 Å². The van der Waals surface area contributed by atoms with Crippen LogP contribution in [0.15, 0.2) is 6.07 Å². The van der Waals surface area contributed by atoms with Crippen LogP contribution in [0.25, 0.3) is 0 Å². The van der Waals surface area contributed by atoms with E-state index in [1.807, 2.05) is 17.8 Å². The fraction of sp³-hybridized carbons (Fsp3) is 0.692. The summed E-state index contributed by atoms with van der Waals surface area (Å²) in [5, 5.41) is 7.20. The molecular weight excluding hydrogens is 244 g/mol. The van der Waals surface area contributed by atoms with Crippen LogP contribution in [-0.2, 0) is 0 Å². The van der Waals surface area contributed by atoms with Gasteiger partial charge < -0.3 is 10.6 Å². The number of aromatic nitrogens is 2. The molecule has 0 aliphatic heterocycles. The first-order chi connectivity index (χ1) is 8.56. The van der Waals surface area contributed by atoms with Gasteiger partial charge in [0.05, 0.1) is 0 Å². The molecule has 0 radical (unpaired) electrons. The Morgan fingerprint density at radius 1 is 1.17 bits per heavy atom. The van der Waals surface area contributed by atoms with Crippen molar-refractivity contribution in [3.05, 3.63) is 11.9 Å². The van der Waals surface area contributed by atoms with Crippen LogP contribution in [0.5, 0.6) is 0 Å². The molecule has 1 rings (SSSR count). The predicted molar refractivity (Wildman–Crippen MR) is 81.8 cm³/mol. The molecule has 0 saturated carbocycles. The first-order valence-corrected chi connectivity index (χ1v) is 7.75. The second-order valence-corrected chi connectivity index (χ2v) is 5.89. The van der Waals surface area contributed by atoms with Gasteiger partial charge in [-0.2, -0.15) is 11.8 Å². The van der Waals surface area contributed by atoms with Gasteiger partial charge in [-0.3, -0.25) is 0 Å².